The third kappa shape index (κ3) is 7.46. The van der Waals surface area contributed by atoms with Crippen molar-refractivity contribution in [2.24, 2.45) is 0 Å². The summed E-state index contributed by atoms with van der Waals surface area (Å²) in [4.78, 5) is 25.5. The molecule has 21 heavy (non-hydrogen) atoms. The molecule has 5 nitrogen and oxygen atoms in total. The van der Waals surface area contributed by atoms with Gasteiger partial charge in [0.05, 0.1) is 6.54 Å². The molecule has 1 amide bonds. The van der Waals surface area contributed by atoms with Crippen molar-refractivity contribution in [3.8, 4) is 0 Å². The van der Waals surface area contributed by atoms with Crippen LogP contribution in [0.2, 0.25) is 0 Å². The third-order valence-electron chi connectivity index (χ3n) is 3.77. The van der Waals surface area contributed by atoms with E-state index in [9.17, 15) is 14.7 Å². The van der Waals surface area contributed by atoms with Gasteiger partial charge in [-0.1, -0.05) is 40.0 Å². The van der Waals surface area contributed by atoms with E-state index in [0.29, 0.717) is 6.42 Å². The van der Waals surface area contributed by atoms with E-state index in [-0.39, 0.29) is 12.5 Å². The van der Waals surface area contributed by atoms with Gasteiger partial charge in [0, 0.05) is 13.1 Å². The van der Waals surface area contributed by atoms with Crippen molar-refractivity contribution in [3.05, 3.63) is 0 Å². The zero-order valence-corrected chi connectivity index (χ0v) is 14.1. The maximum absolute atomic E-state index is 12.3. The van der Waals surface area contributed by atoms with Crippen LogP contribution < -0.4 is 5.32 Å². The quantitative estimate of drug-likeness (QED) is 0.581. The van der Waals surface area contributed by atoms with E-state index >= 15 is 0 Å². The molecule has 0 rings (SSSR count). The number of nitrogens with one attached hydrogen (secondary N) is 1. The highest BCUT2D eigenvalue weighted by Gasteiger charge is 2.32. The molecule has 0 aromatic heterocycles. The van der Waals surface area contributed by atoms with Gasteiger partial charge in [0.1, 0.15) is 5.54 Å². The number of hydrogen-bond donors (Lipinski definition) is 2. The molecule has 2 N–H and O–H groups in total. The molecule has 0 heterocycles. The molecule has 0 radical (unpaired) electrons. The van der Waals surface area contributed by atoms with Crippen molar-refractivity contribution >= 4 is 11.9 Å². The lowest BCUT2D eigenvalue weighted by molar-refractivity contribution is -0.145. The summed E-state index contributed by atoms with van der Waals surface area (Å²) in [7, 11) is 0. The molecule has 0 aliphatic heterocycles. The second-order valence-corrected chi connectivity index (χ2v) is 5.83. The zero-order chi connectivity index (χ0) is 16.3. The fraction of sp³-hybridized carbons (Fsp3) is 0.875. The van der Waals surface area contributed by atoms with E-state index in [1.54, 1.807) is 6.92 Å². The summed E-state index contributed by atoms with van der Waals surface area (Å²) in [6, 6.07) is 0. The number of unbranched alkanes of at least 4 members (excludes halogenated alkanes) is 2. The molecule has 0 saturated carbocycles. The largest absolute Gasteiger partial charge is 0.480 e. The first-order valence-corrected chi connectivity index (χ1v) is 8.17. The van der Waals surface area contributed by atoms with E-state index in [2.05, 4.69) is 19.2 Å². The topological polar surface area (TPSA) is 69.6 Å². The first kappa shape index (κ1) is 19.9. The van der Waals surface area contributed by atoms with Crippen LogP contribution in [0.15, 0.2) is 0 Å². The van der Waals surface area contributed by atoms with Crippen LogP contribution in [0, 0.1) is 0 Å². The van der Waals surface area contributed by atoms with Crippen LogP contribution in [0.4, 0.5) is 0 Å². The minimum atomic E-state index is -1.02. The number of nitrogens with zero attached hydrogens (tertiary/aromatic N) is 1. The fourth-order valence-corrected chi connectivity index (χ4v) is 2.21. The summed E-state index contributed by atoms with van der Waals surface area (Å²) in [5.41, 5.74) is -1.02. The third-order valence-corrected chi connectivity index (χ3v) is 3.77. The van der Waals surface area contributed by atoms with E-state index in [0.717, 1.165) is 45.2 Å². The number of amides is 1. The van der Waals surface area contributed by atoms with E-state index in [1.807, 2.05) is 11.8 Å². The Morgan fingerprint density at radius 3 is 1.95 bits per heavy atom. The first-order chi connectivity index (χ1) is 9.91. The summed E-state index contributed by atoms with van der Waals surface area (Å²) >= 11 is 0. The van der Waals surface area contributed by atoms with Crippen LogP contribution in [0.3, 0.4) is 0 Å². The van der Waals surface area contributed by atoms with E-state index < -0.39 is 11.5 Å². The van der Waals surface area contributed by atoms with Gasteiger partial charge in [-0.25, -0.2) is 0 Å². The van der Waals surface area contributed by atoms with Gasteiger partial charge in [-0.05, 0) is 26.2 Å². The van der Waals surface area contributed by atoms with Gasteiger partial charge in [-0.3, -0.25) is 14.9 Å². The van der Waals surface area contributed by atoms with Crippen LogP contribution in [0.25, 0.3) is 0 Å². The summed E-state index contributed by atoms with van der Waals surface area (Å²) in [5.74, 6) is -0.897. The van der Waals surface area contributed by atoms with Crippen LogP contribution in [-0.4, -0.2) is 47.1 Å². The Morgan fingerprint density at radius 2 is 1.57 bits per heavy atom. The van der Waals surface area contributed by atoms with Gasteiger partial charge in [0.2, 0.25) is 5.91 Å². The molecule has 0 bridgehead atoms. The average molecular weight is 300 g/mol. The Bertz CT molecular complexity index is 313. The summed E-state index contributed by atoms with van der Waals surface area (Å²) in [6.07, 6.45) is 5.35. The lowest BCUT2D eigenvalue weighted by Crippen LogP contribution is -2.53. The summed E-state index contributed by atoms with van der Waals surface area (Å²) < 4.78 is 0. The highest BCUT2D eigenvalue weighted by molar-refractivity contribution is 5.82. The number of carboxylic acid groups (broad SMARTS) is 1. The number of carbonyl (C=O) groups is 2. The normalized spacial score (nSPS) is 13.7. The second-order valence-electron chi connectivity index (χ2n) is 5.83. The van der Waals surface area contributed by atoms with E-state index in [4.69, 9.17) is 0 Å². The highest BCUT2D eigenvalue weighted by Crippen LogP contribution is 2.12. The molecular weight excluding hydrogens is 268 g/mol. The van der Waals surface area contributed by atoms with Gasteiger partial charge in [0.25, 0.3) is 0 Å². The minimum Gasteiger partial charge on any atom is -0.480 e. The molecule has 0 aliphatic carbocycles. The van der Waals surface area contributed by atoms with Crippen molar-refractivity contribution < 1.29 is 14.7 Å². The SMILES string of the molecule is CCCCN(CCCC)C(=O)CNC(C)(CCC)C(=O)O. The maximum atomic E-state index is 12.3. The number of aliphatic carboxylic acids is 1. The van der Waals surface area contributed by atoms with Crippen LogP contribution >= 0.6 is 0 Å². The van der Waals surface area contributed by atoms with Gasteiger partial charge >= 0.3 is 5.97 Å². The molecule has 1 atom stereocenters. The van der Waals surface area contributed by atoms with Crippen LogP contribution in [-0.2, 0) is 9.59 Å². The van der Waals surface area contributed by atoms with Crippen molar-refractivity contribution in [2.45, 2.75) is 71.8 Å². The molecule has 1 unspecified atom stereocenters. The summed E-state index contributed by atoms with van der Waals surface area (Å²) in [5, 5.41) is 12.2. The predicted molar refractivity (Wildman–Crippen MR) is 85.3 cm³/mol. The zero-order valence-electron chi connectivity index (χ0n) is 14.1. The number of rotatable bonds is 12. The number of carboxylic acids is 1. The van der Waals surface area contributed by atoms with Crippen LogP contribution in [0.1, 0.15) is 66.2 Å². The van der Waals surface area contributed by atoms with Gasteiger partial charge in [-0.15, -0.1) is 0 Å². The van der Waals surface area contributed by atoms with Crippen molar-refractivity contribution in [1.29, 1.82) is 0 Å². The second kappa shape index (κ2) is 10.6. The fourth-order valence-electron chi connectivity index (χ4n) is 2.21. The van der Waals surface area contributed by atoms with Gasteiger partial charge in [-0.2, -0.15) is 0 Å². The maximum Gasteiger partial charge on any atom is 0.323 e. The van der Waals surface area contributed by atoms with Gasteiger partial charge < -0.3 is 10.0 Å². The van der Waals surface area contributed by atoms with E-state index in [1.165, 1.54) is 0 Å². The average Bonchev–Trinajstić information content (AvgIpc) is 2.45. The molecule has 0 aliphatic rings. The standard InChI is InChI=1S/C16H32N2O3/c1-5-8-11-18(12-9-6-2)14(19)13-17-16(4,10-7-3)15(20)21/h17H,5-13H2,1-4H3,(H,20,21). The molecule has 0 aromatic rings. The Balaban J connectivity index is 4.54. The predicted octanol–water partition coefficient (Wildman–Crippen LogP) is 2.65. The number of carbonyl (C=O) groups excluding carboxylic acids is 1. The molecule has 0 spiro atoms. The molecule has 0 fully saturated rings. The highest BCUT2D eigenvalue weighted by atomic mass is 16.4. The Hall–Kier alpha value is -1.10. The lowest BCUT2D eigenvalue weighted by Gasteiger charge is -2.28. The molecular formula is C16H32N2O3. The number of hydrogen-bond acceptors (Lipinski definition) is 3. The van der Waals surface area contributed by atoms with Crippen molar-refractivity contribution in [3.63, 3.8) is 0 Å². The monoisotopic (exact) mass is 300 g/mol. The molecule has 5 heteroatoms. The Morgan fingerprint density at radius 1 is 1.05 bits per heavy atom. The molecule has 124 valence electrons. The summed E-state index contributed by atoms with van der Waals surface area (Å²) in [6.45, 7) is 9.40. The molecule has 0 saturated heterocycles. The molecule has 0 aromatic carbocycles. The Labute approximate surface area is 129 Å². The first-order valence-electron chi connectivity index (χ1n) is 8.17. The van der Waals surface area contributed by atoms with Crippen LogP contribution in [0.5, 0.6) is 0 Å². The minimum absolute atomic E-state index is 0.000443. The smallest absolute Gasteiger partial charge is 0.323 e. The van der Waals surface area contributed by atoms with Gasteiger partial charge in [0.15, 0.2) is 0 Å². The van der Waals surface area contributed by atoms with Crippen molar-refractivity contribution in [1.82, 2.24) is 10.2 Å². The lowest BCUT2D eigenvalue weighted by atomic mass is 9.96. The van der Waals surface area contributed by atoms with Crippen molar-refractivity contribution in [2.75, 3.05) is 19.6 Å². The Kier molecular flexibility index (Phi) is 10.0.